The van der Waals surface area contributed by atoms with Gasteiger partial charge in [0.1, 0.15) is 10.8 Å². The van der Waals surface area contributed by atoms with E-state index in [1.807, 2.05) is 0 Å². The van der Waals surface area contributed by atoms with E-state index in [-0.39, 0.29) is 23.9 Å². The molecule has 1 heterocycles. The van der Waals surface area contributed by atoms with Crippen molar-refractivity contribution in [3.05, 3.63) is 77.1 Å². The first-order chi connectivity index (χ1) is 11.6. The van der Waals surface area contributed by atoms with Crippen LogP contribution in [-0.4, -0.2) is 23.3 Å². The molecule has 120 valence electrons. The number of carbonyl (C=O) groups is 2. The summed E-state index contributed by atoms with van der Waals surface area (Å²) in [6, 6.07) is 14.4. The molecule has 0 fully saturated rings. The van der Waals surface area contributed by atoms with Crippen LogP contribution >= 0.6 is 11.3 Å². The third-order valence-electron chi connectivity index (χ3n) is 3.23. The van der Waals surface area contributed by atoms with Gasteiger partial charge in [-0.1, -0.05) is 30.3 Å². The van der Waals surface area contributed by atoms with Crippen LogP contribution in [0.1, 0.15) is 20.8 Å². The highest BCUT2D eigenvalue weighted by Gasteiger charge is 2.15. The van der Waals surface area contributed by atoms with Gasteiger partial charge >= 0.3 is 5.97 Å². The predicted molar refractivity (Wildman–Crippen MR) is 88.6 cm³/mol. The van der Waals surface area contributed by atoms with Gasteiger partial charge in [0.25, 0.3) is 0 Å². The van der Waals surface area contributed by atoms with E-state index in [4.69, 9.17) is 4.74 Å². The number of ether oxygens (including phenoxy) is 1. The Balaban J connectivity index is 1.64. The van der Waals surface area contributed by atoms with Gasteiger partial charge < -0.3 is 4.74 Å². The molecule has 4 nitrogen and oxygen atoms in total. The molecular weight excluding hydrogens is 329 g/mol. The number of Topliss-reactive ketones (excluding diaryl/α,β-unsaturated/α-hetero) is 1. The molecule has 0 amide bonds. The summed E-state index contributed by atoms with van der Waals surface area (Å²) in [6.45, 7) is -0.341. The van der Waals surface area contributed by atoms with Crippen molar-refractivity contribution in [2.75, 3.05) is 6.61 Å². The third-order valence-corrected chi connectivity index (χ3v) is 4.13. The standard InChI is InChI=1S/C18H12FNO3S/c19-14-8-6-13(7-9-14)17-20-15(11-24-17)18(22)23-10-16(21)12-4-2-1-3-5-12/h1-9,11H,10H2. The lowest BCUT2D eigenvalue weighted by Crippen LogP contribution is -2.14. The molecule has 3 aromatic rings. The number of benzene rings is 2. The first-order valence-corrected chi connectivity index (χ1v) is 7.98. The Hall–Kier alpha value is -2.86. The van der Waals surface area contributed by atoms with Gasteiger partial charge in [-0.05, 0) is 24.3 Å². The summed E-state index contributed by atoms with van der Waals surface area (Å²) < 4.78 is 17.9. The van der Waals surface area contributed by atoms with Crippen molar-refractivity contribution in [2.24, 2.45) is 0 Å². The number of nitrogens with zero attached hydrogens (tertiary/aromatic N) is 1. The van der Waals surface area contributed by atoms with Crippen LogP contribution in [0.15, 0.2) is 60.0 Å². The van der Waals surface area contributed by atoms with E-state index in [0.29, 0.717) is 16.1 Å². The number of esters is 1. The highest BCUT2D eigenvalue weighted by atomic mass is 32.1. The third kappa shape index (κ3) is 3.72. The van der Waals surface area contributed by atoms with Gasteiger partial charge in [0.05, 0.1) is 0 Å². The summed E-state index contributed by atoms with van der Waals surface area (Å²) in [6.07, 6.45) is 0. The summed E-state index contributed by atoms with van der Waals surface area (Å²) in [4.78, 5) is 28.1. The number of aromatic nitrogens is 1. The van der Waals surface area contributed by atoms with Gasteiger partial charge in [0.2, 0.25) is 0 Å². The minimum Gasteiger partial charge on any atom is -0.453 e. The highest BCUT2D eigenvalue weighted by molar-refractivity contribution is 7.13. The first kappa shape index (κ1) is 16.0. The number of halogens is 1. The lowest BCUT2D eigenvalue weighted by Gasteiger charge is -2.02. The van der Waals surface area contributed by atoms with E-state index < -0.39 is 5.97 Å². The summed E-state index contributed by atoms with van der Waals surface area (Å²) in [5.74, 6) is -1.28. The van der Waals surface area contributed by atoms with E-state index >= 15 is 0 Å². The van der Waals surface area contributed by atoms with Crippen LogP contribution in [0.2, 0.25) is 0 Å². The maximum Gasteiger partial charge on any atom is 0.358 e. The molecular formula is C18H12FNO3S. The zero-order valence-electron chi connectivity index (χ0n) is 12.4. The second kappa shape index (κ2) is 7.14. The molecule has 0 aliphatic rings. The van der Waals surface area contributed by atoms with Crippen molar-refractivity contribution < 1.29 is 18.7 Å². The van der Waals surface area contributed by atoms with Crippen molar-refractivity contribution in [3.63, 3.8) is 0 Å². The van der Waals surface area contributed by atoms with Crippen molar-refractivity contribution in [1.29, 1.82) is 0 Å². The molecule has 0 aliphatic heterocycles. The van der Waals surface area contributed by atoms with Crippen molar-refractivity contribution in [3.8, 4) is 10.6 Å². The van der Waals surface area contributed by atoms with Crippen LogP contribution in [0, 0.1) is 5.82 Å². The summed E-state index contributed by atoms with van der Waals surface area (Å²) in [5, 5.41) is 2.13. The molecule has 0 N–H and O–H groups in total. The zero-order chi connectivity index (χ0) is 16.9. The van der Waals surface area contributed by atoms with Gasteiger partial charge in [-0.25, -0.2) is 14.2 Å². The minimum absolute atomic E-state index is 0.125. The fourth-order valence-corrected chi connectivity index (χ4v) is 2.80. The van der Waals surface area contributed by atoms with E-state index in [0.717, 1.165) is 0 Å². The molecule has 0 aliphatic carbocycles. The first-order valence-electron chi connectivity index (χ1n) is 7.10. The quantitative estimate of drug-likeness (QED) is 0.520. The SMILES string of the molecule is O=C(COC(=O)c1csc(-c2ccc(F)cc2)n1)c1ccccc1. The maximum atomic E-state index is 12.9. The lowest BCUT2D eigenvalue weighted by atomic mass is 10.1. The second-order valence-electron chi connectivity index (χ2n) is 4.91. The maximum absolute atomic E-state index is 12.9. The lowest BCUT2D eigenvalue weighted by molar-refractivity contribution is 0.0470. The van der Waals surface area contributed by atoms with Crippen molar-refractivity contribution in [2.45, 2.75) is 0 Å². The van der Waals surface area contributed by atoms with Crippen LogP contribution in [0.3, 0.4) is 0 Å². The number of ketones is 1. The predicted octanol–water partition coefficient (Wildman–Crippen LogP) is 3.99. The van der Waals surface area contributed by atoms with Crippen LogP contribution < -0.4 is 0 Å². The Bertz CT molecular complexity index is 859. The molecule has 0 unspecified atom stereocenters. The fourth-order valence-electron chi connectivity index (χ4n) is 2.00. The summed E-state index contributed by atoms with van der Waals surface area (Å²) >= 11 is 1.25. The topological polar surface area (TPSA) is 56.3 Å². The Kier molecular flexibility index (Phi) is 4.77. The van der Waals surface area contributed by atoms with Crippen LogP contribution in [0.25, 0.3) is 10.6 Å². The van der Waals surface area contributed by atoms with Gasteiger partial charge in [0.15, 0.2) is 18.1 Å². The molecule has 6 heteroatoms. The summed E-state index contributed by atoms with van der Waals surface area (Å²) in [7, 11) is 0. The van der Waals surface area contributed by atoms with Gasteiger partial charge in [-0.2, -0.15) is 0 Å². The smallest absolute Gasteiger partial charge is 0.358 e. The molecule has 0 radical (unpaired) electrons. The molecule has 0 saturated heterocycles. The van der Waals surface area contributed by atoms with E-state index in [1.165, 1.54) is 23.5 Å². The largest absolute Gasteiger partial charge is 0.453 e. The average Bonchev–Trinajstić information content (AvgIpc) is 3.11. The number of hydrogen-bond acceptors (Lipinski definition) is 5. The highest BCUT2D eigenvalue weighted by Crippen LogP contribution is 2.24. The van der Waals surface area contributed by atoms with E-state index in [9.17, 15) is 14.0 Å². The van der Waals surface area contributed by atoms with Gasteiger partial charge in [0, 0.05) is 16.5 Å². The van der Waals surface area contributed by atoms with Gasteiger partial charge in [-0.15, -0.1) is 11.3 Å². The van der Waals surface area contributed by atoms with E-state index in [2.05, 4.69) is 4.98 Å². The minimum atomic E-state index is -0.663. The average molecular weight is 341 g/mol. The molecule has 0 saturated carbocycles. The normalized spacial score (nSPS) is 10.4. The number of carbonyl (C=O) groups excluding carboxylic acids is 2. The molecule has 0 bridgehead atoms. The van der Waals surface area contributed by atoms with Crippen LogP contribution in [0.4, 0.5) is 4.39 Å². The Morgan fingerprint density at radius 1 is 1.04 bits per heavy atom. The molecule has 24 heavy (non-hydrogen) atoms. The van der Waals surface area contributed by atoms with Crippen LogP contribution in [0.5, 0.6) is 0 Å². The fraction of sp³-hybridized carbons (Fsp3) is 0.0556. The second-order valence-corrected chi connectivity index (χ2v) is 5.77. The van der Waals surface area contributed by atoms with Crippen LogP contribution in [-0.2, 0) is 4.74 Å². The van der Waals surface area contributed by atoms with Gasteiger partial charge in [-0.3, -0.25) is 4.79 Å². The molecule has 0 atom stereocenters. The summed E-state index contributed by atoms with van der Waals surface area (Å²) in [5.41, 5.74) is 1.32. The van der Waals surface area contributed by atoms with Crippen molar-refractivity contribution in [1.82, 2.24) is 4.98 Å². The van der Waals surface area contributed by atoms with Crippen molar-refractivity contribution >= 4 is 23.1 Å². The Morgan fingerprint density at radius 3 is 2.46 bits per heavy atom. The monoisotopic (exact) mass is 341 g/mol. The number of rotatable bonds is 5. The van der Waals surface area contributed by atoms with E-state index in [1.54, 1.807) is 47.8 Å². The molecule has 0 spiro atoms. The Morgan fingerprint density at radius 2 is 1.75 bits per heavy atom. The molecule has 2 aromatic carbocycles. The Labute approximate surface area is 141 Å². The number of hydrogen-bond donors (Lipinski definition) is 0. The molecule has 3 rings (SSSR count). The number of thiazole rings is 1. The molecule has 1 aromatic heterocycles. The zero-order valence-corrected chi connectivity index (χ0v) is 13.3.